The van der Waals surface area contributed by atoms with Gasteiger partial charge in [-0.2, -0.15) is 0 Å². The molecule has 138 valence electrons. The Labute approximate surface area is 148 Å². The lowest BCUT2D eigenvalue weighted by atomic mass is 10.0. The second-order valence-corrected chi connectivity index (χ2v) is 8.32. The predicted octanol–water partition coefficient (Wildman–Crippen LogP) is 0.947. The smallest absolute Gasteiger partial charge is 0.241 e. The predicted molar refractivity (Wildman–Crippen MR) is 91.6 cm³/mol. The number of aryl methyl sites for hydroxylation is 2. The van der Waals surface area contributed by atoms with Gasteiger partial charge in [-0.05, 0) is 31.0 Å². The van der Waals surface area contributed by atoms with Gasteiger partial charge in [0, 0.05) is 25.9 Å². The lowest BCUT2D eigenvalue weighted by Gasteiger charge is -2.37. The Morgan fingerprint density at radius 1 is 1.20 bits per heavy atom. The van der Waals surface area contributed by atoms with Crippen LogP contribution in [0.5, 0.6) is 0 Å². The molecule has 0 bridgehead atoms. The van der Waals surface area contributed by atoms with E-state index in [0.29, 0.717) is 44.7 Å². The van der Waals surface area contributed by atoms with E-state index in [1.54, 1.807) is 24.0 Å². The van der Waals surface area contributed by atoms with E-state index < -0.39 is 15.8 Å². The van der Waals surface area contributed by atoms with Gasteiger partial charge in [-0.1, -0.05) is 12.1 Å². The first-order chi connectivity index (χ1) is 11.8. The number of hydrogen-bond donors (Lipinski definition) is 1. The quantitative estimate of drug-likeness (QED) is 0.855. The maximum atomic E-state index is 12.5. The molecular formula is C17H24N2O5S. The molecule has 0 unspecified atom stereocenters. The Hall–Kier alpha value is -1.48. The fourth-order valence-corrected chi connectivity index (χ4v) is 4.53. The summed E-state index contributed by atoms with van der Waals surface area (Å²) in [5.74, 6) is -0.781. The van der Waals surface area contributed by atoms with Gasteiger partial charge >= 0.3 is 0 Å². The summed E-state index contributed by atoms with van der Waals surface area (Å²) in [7, 11) is -3.72. The zero-order valence-electron chi connectivity index (χ0n) is 14.6. The third kappa shape index (κ3) is 4.03. The van der Waals surface area contributed by atoms with E-state index in [4.69, 9.17) is 9.47 Å². The molecule has 2 aliphatic heterocycles. The lowest BCUT2D eigenvalue weighted by Crippen LogP contribution is -2.49. The number of rotatable bonds is 4. The number of nitrogens with zero attached hydrogens (tertiary/aromatic N) is 1. The van der Waals surface area contributed by atoms with Gasteiger partial charge in [0.15, 0.2) is 5.79 Å². The molecule has 0 radical (unpaired) electrons. The number of ether oxygens (including phenoxy) is 2. The molecule has 2 aliphatic rings. The van der Waals surface area contributed by atoms with Crippen molar-refractivity contribution < 1.29 is 22.7 Å². The number of hydrogen-bond acceptors (Lipinski definition) is 5. The molecule has 8 heteroatoms. The normalized spacial score (nSPS) is 20.2. The van der Waals surface area contributed by atoms with Crippen molar-refractivity contribution in [2.75, 3.05) is 32.8 Å². The van der Waals surface area contributed by atoms with Crippen LogP contribution >= 0.6 is 0 Å². The molecule has 1 N–H and O–H groups in total. The van der Waals surface area contributed by atoms with Crippen molar-refractivity contribution in [2.45, 2.75) is 37.4 Å². The molecule has 0 saturated carbocycles. The molecule has 7 nitrogen and oxygen atoms in total. The summed E-state index contributed by atoms with van der Waals surface area (Å²) >= 11 is 0. The second kappa shape index (κ2) is 7.03. The Bertz CT molecular complexity index is 746. The topological polar surface area (TPSA) is 84.9 Å². The molecule has 1 aromatic carbocycles. The number of amides is 1. The van der Waals surface area contributed by atoms with Gasteiger partial charge in [0.2, 0.25) is 15.9 Å². The van der Waals surface area contributed by atoms with Crippen LogP contribution in [0.4, 0.5) is 0 Å². The van der Waals surface area contributed by atoms with E-state index in [2.05, 4.69) is 4.72 Å². The highest BCUT2D eigenvalue weighted by molar-refractivity contribution is 7.89. The summed E-state index contributed by atoms with van der Waals surface area (Å²) in [5, 5.41) is 0. The van der Waals surface area contributed by atoms with Crippen molar-refractivity contribution in [1.29, 1.82) is 0 Å². The maximum Gasteiger partial charge on any atom is 0.241 e. The summed E-state index contributed by atoms with van der Waals surface area (Å²) in [5.41, 5.74) is 1.51. The fraction of sp³-hybridized carbons (Fsp3) is 0.588. The minimum absolute atomic E-state index is 0.214. The standard InChI is InChI=1S/C17H24N2O5S/c1-13-3-4-14(2)15(11-13)25(21,22)18-12-16(20)19-7-5-17(6-8-19)23-9-10-24-17/h3-4,11,18H,5-10,12H2,1-2H3. The molecule has 3 rings (SSSR count). The molecule has 1 spiro atoms. The first-order valence-corrected chi connectivity index (χ1v) is 9.92. The zero-order chi connectivity index (χ0) is 18.1. The zero-order valence-corrected chi connectivity index (χ0v) is 15.4. The van der Waals surface area contributed by atoms with E-state index >= 15 is 0 Å². The Balaban J connectivity index is 1.58. The first-order valence-electron chi connectivity index (χ1n) is 8.44. The van der Waals surface area contributed by atoms with Gasteiger partial charge in [-0.15, -0.1) is 0 Å². The van der Waals surface area contributed by atoms with Crippen molar-refractivity contribution in [3.63, 3.8) is 0 Å². The molecule has 0 aromatic heterocycles. The summed E-state index contributed by atoms with van der Waals surface area (Å²) in [6.07, 6.45) is 1.23. The van der Waals surface area contributed by atoms with Crippen molar-refractivity contribution >= 4 is 15.9 Å². The van der Waals surface area contributed by atoms with Crippen LogP contribution in [0.15, 0.2) is 23.1 Å². The summed E-state index contributed by atoms with van der Waals surface area (Å²) in [6.45, 7) is 5.51. The van der Waals surface area contributed by atoms with Gasteiger partial charge in [-0.25, -0.2) is 13.1 Å². The molecule has 25 heavy (non-hydrogen) atoms. The largest absolute Gasteiger partial charge is 0.347 e. The molecule has 0 aliphatic carbocycles. The van der Waals surface area contributed by atoms with Crippen LogP contribution in [-0.2, 0) is 24.3 Å². The van der Waals surface area contributed by atoms with E-state index in [-0.39, 0.29) is 17.3 Å². The molecule has 2 fully saturated rings. The third-order valence-electron chi connectivity index (χ3n) is 4.74. The maximum absolute atomic E-state index is 12.5. The van der Waals surface area contributed by atoms with Crippen LogP contribution < -0.4 is 4.72 Å². The van der Waals surface area contributed by atoms with Crippen LogP contribution in [0, 0.1) is 13.8 Å². The second-order valence-electron chi connectivity index (χ2n) is 6.58. The van der Waals surface area contributed by atoms with Gasteiger partial charge in [-0.3, -0.25) is 4.79 Å². The molecule has 1 amide bonds. The minimum atomic E-state index is -3.72. The number of nitrogens with one attached hydrogen (secondary N) is 1. The SMILES string of the molecule is Cc1ccc(C)c(S(=O)(=O)NCC(=O)N2CCC3(CC2)OCCO3)c1. The van der Waals surface area contributed by atoms with Crippen LogP contribution in [0.3, 0.4) is 0 Å². The summed E-state index contributed by atoms with van der Waals surface area (Å²) in [4.78, 5) is 14.2. The van der Waals surface area contributed by atoms with E-state index in [1.165, 1.54) is 0 Å². The monoisotopic (exact) mass is 368 g/mol. The van der Waals surface area contributed by atoms with Crippen LogP contribution in [0.25, 0.3) is 0 Å². The van der Waals surface area contributed by atoms with Gasteiger partial charge in [0.25, 0.3) is 0 Å². The average molecular weight is 368 g/mol. The Morgan fingerprint density at radius 3 is 2.48 bits per heavy atom. The number of carbonyl (C=O) groups is 1. The highest BCUT2D eigenvalue weighted by atomic mass is 32.2. The highest BCUT2D eigenvalue weighted by Gasteiger charge is 2.40. The number of sulfonamides is 1. The van der Waals surface area contributed by atoms with Gasteiger partial charge in [0.1, 0.15) is 0 Å². The number of carbonyl (C=O) groups excluding carboxylic acids is 1. The van der Waals surface area contributed by atoms with Crippen molar-refractivity contribution in [2.24, 2.45) is 0 Å². The van der Waals surface area contributed by atoms with Crippen LogP contribution in [-0.4, -0.2) is 57.9 Å². The minimum Gasteiger partial charge on any atom is -0.347 e. The Morgan fingerprint density at radius 2 is 1.84 bits per heavy atom. The Kier molecular flexibility index (Phi) is 5.15. The molecule has 2 saturated heterocycles. The number of piperidine rings is 1. The van der Waals surface area contributed by atoms with E-state index in [9.17, 15) is 13.2 Å². The van der Waals surface area contributed by atoms with Gasteiger partial charge < -0.3 is 14.4 Å². The fourth-order valence-electron chi connectivity index (χ4n) is 3.23. The highest BCUT2D eigenvalue weighted by Crippen LogP contribution is 2.31. The van der Waals surface area contributed by atoms with Crippen molar-refractivity contribution in [3.8, 4) is 0 Å². The lowest BCUT2D eigenvalue weighted by molar-refractivity contribution is -0.187. The van der Waals surface area contributed by atoms with Crippen molar-refractivity contribution in [1.82, 2.24) is 9.62 Å². The van der Waals surface area contributed by atoms with E-state index in [1.807, 2.05) is 13.0 Å². The molecule has 1 aromatic rings. The molecule has 0 atom stereocenters. The van der Waals surface area contributed by atoms with Crippen molar-refractivity contribution in [3.05, 3.63) is 29.3 Å². The molecular weight excluding hydrogens is 344 g/mol. The molecule has 2 heterocycles. The van der Waals surface area contributed by atoms with Gasteiger partial charge in [0.05, 0.1) is 24.7 Å². The number of likely N-dealkylation sites (tertiary alicyclic amines) is 1. The van der Waals surface area contributed by atoms with E-state index in [0.717, 1.165) is 5.56 Å². The third-order valence-corrected chi connectivity index (χ3v) is 6.28. The summed E-state index contributed by atoms with van der Waals surface area (Å²) in [6, 6.07) is 5.23. The summed E-state index contributed by atoms with van der Waals surface area (Å²) < 4.78 is 38.6. The van der Waals surface area contributed by atoms with Crippen LogP contribution in [0.1, 0.15) is 24.0 Å². The first kappa shape index (κ1) is 18.3. The average Bonchev–Trinajstić information content (AvgIpc) is 3.03. The van der Waals surface area contributed by atoms with Crippen LogP contribution in [0.2, 0.25) is 0 Å². The number of benzene rings is 1.